The molecule has 2 aliphatic carbocycles. The summed E-state index contributed by atoms with van der Waals surface area (Å²) in [4.78, 5) is 36.2. The van der Waals surface area contributed by atoms with Crippen molar-refractivity contribution in [2.75, 3.05) is 6.61 Å². The Morgan fingerprint density at radius 2 is 1.69 bits per heavy atom. The van der Waals surface area contributed by atoms with Gasteiger partial charge < -0.3 is 20.5 Å². The molecule has 0 bridgehead atoms. The number of ether oxygens (including phenoxy) is 1. The van der Waals surface area contributed by atoms with Crippen molar-refractivity contribution in [3.63, 3.8) is 0 Å². The predicted octanol–water partition coefficient (Wildman–Crippen LogP) is 3.67. The maximum absolute atomic E-state index is 12.6. The molecule has 7 heteroatoms. The average Bonchev–Trinajstić information content (AvgIpc) is 3.47. The van der Waals surface area contributed by atoms with Gasteiger partial charge in [-0.2, -0.15) is 0 Å². The van der Waals surface area contributed by atoms with Gasteiger partial charge in [0, 0.05) is 18.4 Å². The standard InChI is InChI=1S/C25H28N2O5/c1-2-15-13-22(15)26-24(30)21(11-12-23(28)29)27-25(31)32-14-20-18-9-5-3-7-16(18)17-8-4-6-10-19(17)20/h3-10,15,20-22H,2,11-14H2,1H3,(H,26,30)(H,27,31)(H,28,29). The molecular weight excluding hydrogens is 408 g/mol. The van der Waals surface area contributed by atoms with Crippen LogP contribution in [0, 0.1) is 5.92 Å². The van der Waals surface area contributed by atoms with Crippen LogP contribution < -0.4 is 10.6 Å². The summed E-state index contributed by atoms with van der Waals surface area (Å²) in [5.74, 6) is -1.01. The topological polar surface area (TPSA) is 105 Å². The van der Waals surface area contributed by atoms with Crippen LogP contribution in [-0.2, 0) is 14.3 Å². The fourth-order valence-electron chi connectivity index (χ4n) is 4.48. The molecule has 3 N–H and O–H groups in total. The SMILES string of the molecule is CCC1CC1NC(=O)C(CCC(=O)O)NC(=O)OCC1c2ccccc2-c2ccccc21. The highest BCUT2D eigenvalue weighted by Crippen LogP contribution is 2.44. The molecule has 1 saturated carbocycles. The first kappa shape index (κ1) is 21.9. The molecular formula is C25H28N2O5. The van der Waals surface area contributed by atoms with E-state index in [0.717, 1.165) is 35.1 Å². The lowest BCUT2D eigenvalue weighted by Crippen LogP contribution is -2.48. The van der Waals surface area contributed by atoms with E-state index in [9.17, 15) is 14.4 Å². The number of alkyl carbamates (subject to hydrolysis) is 1. The minimum atomic E-state index is -1.02. The second-order valence-corrected chi connectivity index (χ2v) is 8.47. The molecule has 2 aliphatic rings. The molecule has 3 atom stereocenters. The molecule has 0 heterocycles. The maximum atomic E-state index is 12.6. The van der Waals surface area contributed by atoms with Crippen LogP contribution in [0.1, 0.15) is 49.7 Å². The van der Waals surface area contributed by atoms with E-state index in [4.69, 9.17) is 9.84 Å². The summed E-state index contributed by atoms with van der Waals surface area (Å²) in [6.45, 7) is 2.20. The van der Waals surface area contributed by atoms with E-state index in [-0.39, 0.29) is 37.3 Å². The second kappa shape index (κ2) is 9.42. The molecule has 2 aromatic rings. The molecule has 7 nitrogen and oxygen atoms in total. The Balaban J connectivity index is 1.39. The third-order valence-corrected chi connectivity index (χ3v) is 6.37. The molecule has 4 rings (SSSR count). The maximum Gasteiger partial charge on any atom is 0.407 e. The zero-order valence-electron chi connectivity index (χ0n) is 18.0. The van der Waals surface area contributed by atoms with Crippen LogP contribution in [0.3, 0.4) is 0 Å². The monoisotopic (exact) mass is 436 g/mol. The number of carboxylic acid groups (broad SMARTS) is 1. The Kier molecular flexibility index (Phi) is 6.44. The van der Waals surface area contributed by atoms with E-state index in [1.807, 2.05) is 36.4 Å². The second-order valence-electron chi connectivity index (χ2n) is 8.47. The van der Waals surface area contributed by atoms with Gasteiger partial charge >= 0.3 is 12.1 Å². The van der Waals surface area contributed by atoms with Crippen molar-refractivity contribution in [1.82, 2.24) is 10.6 Å². The van der Waals surface area contributed by atoms with Crippen LogP contribution in [0.25, 0.3) is 11.1 Å². The lowest BCUT2D eigenvalue weighted by molar-refractivity contribution is -0.137. The number of carbonyl (C=O) groups is 3. The molecule has 0 saturated heterocycles. The Labute approximate surface area is 187 Å². The fourth-order valence-corrected chi connectivity index (χ4v) is 4.48. The van der Waals surface area contributed by atoms with Gasteiger partial charge in [-0.05, 0) is 41.0 Å². The number of carbonyl (C=O) groups excluding carboxylic acids is 2. The van der Waals surface area contributed by atoms with Crippen molar-refractivity contribution in [3.05, 3.63) is 59.7 Å². The highest BCUT2D eigenvalue weighted by molar-refractivity contribution is 5.86. The number of carboxylic acids is 1. The molecule has 168 valence electrons. The lowest BCUT2D eigenvalue weighted by Gasteiger charge is -2.19. The van der Waals surface area contributed by atoms with E-state index >= 15 is 0 Å². The number of nitrogens with one attached hydrogen (secondary N) is 2. The normalized spacial score (nSPS) is 19.4. The summed E-state index contributed by atoms with van der Waals surface area (Å²) in [6, 6.07) is 15.2. The summed E-state index contributed by atoms with van der Waals surface area (Å²) in [5.41, 5.74) is 4.46. The van der Waals surface area contributed by atoms with E-state index < -0.39 is 18.1 Å². The minimum absolute atomic E-state index is 0.00880. The van der Waals surface area contributed by atoms with E-state index in [0.29, 0.717) is 5.92 Å². The molecule has 2 aromatic carbocycles. The van der Waals surface area contributed by atoms with Gasteiger partial charge in [-0.15, -0.1) is 0 Å². The van der Waals surface area contributed by atoms with E-state index in [2.05, 4.69) is 29.7 Å². The van der Waals surface area contributed by atoms with Gasteiger partial charge in [0.05, 0.1) is 0 Å². The number of amides is 2. The first-order valence-corrected chi connectivity index (χ1v) is 11.1. The van der Waals surface area contributed by atoms with Crippen LogP contribution >= 0.6 is 0 Å². The summed E-state index contributed by atoms with van der Waals surface area (Å²) >= 11 is 0. The predicted molar refractivity (Wildman–Crippen MR) is 119 cm³/mol. The van der Waals surface area contributed by atoms with Gasteiger partial charge in [0.2, 0.25) is 5.91 Å². The van der Waals surface area contributed by atoms with Crippen LogP contribution in [0.4, 0.5) is 4.79 Å². The van der Waals surface area contributed by atoms with Crippen LogP contribution in [0.2, 0.25) is 0 Å². The van der Waals surface area contributed by atoms with Crippen molar-refractivity contribution in [1.29, 1.82) is 0 Å². The van der Waals surface area contributed by atoms with Gasteiger partial charge in [-0.3, -0.25) is 9.59 Å². The van der Waals surface area contributed by atoms with Gasteiger partial charge in [0.1, 0.15) is 12.6 Å². The van der Waals surface area contributed by atoms with Crippen molar-refractivity contribution in [2.24, 2.45) is 5.92 Å². The molecule has 2 amide bonds. The number of aliphatic carboxylic acids is 1. The molecule has 1 fully saturated rings. The zero-order valence-corrected chi connectivity index (χ0v) is 18.0. The molecule has 32 heavy (non-hydrogen) atoms. The highest BCUT2D eigenvalue weighted by Gasteiger charge is 2.38. The smallest absolute Gasteiger partial charge is 0.407 e. The van der Waals surface area contributed by atoms with Crippen LogP contribution in [0.15, 0.2) is 48.5 Å². The van der Waals surface area contributed by atoms with Gasteiger partial charge in [-0.25, -0.2) is 4.79 Å². The number of benzene rings is 2. The van der Waals surface area contributed by atoms with E-state index in [1.54, 1.807) is 0 Å². The zero-order chi connectivity index (χ0) is 22.7. The van der Waals surface area contributed by atoms with Crippen LogP contribution in [0.5, 0.6) is 0 Å². The van der Waals surface area contributed by atoms with Gasteiger partial charge in [-0.1, -0.05) is 61.9 Å². The fraction of sp³-hybridized carbons (Fsp3) is 0.400. The third kappa shape index (κ3) is 4.77. The minimum Gasteiger partial charge on any atom is -0.481 e. The molecule has 3 unspecified atom stereocenters. The van der Waals surface area contributed by atoms with E-state index in [1.165, 1.54) is 0 Å². The van der Waals surface area contributed by atoms with Crippen molar-refractivity contribution >= 4 is 18.0 Å². The number of hydrogen-bond acceptors (Lipinski definition) is 4. The lowest BCUT2D eigenvalue weighted by atomic mass is 9.98. The molecule has 0 radical (unpaired) electrons. The summed E-state index contributed by atoms with van der Waals surface area (Å²) in [5, 5.41) is 14.5. The Hall–Kier alpha value is -3.35. The molecule has 0 spiro atoms. The van der Waals surface area contributed by atoms with Crippen molar-refractivity contribution < 1.29 is 24.2 Å². The first-order valence-electron chi connectivity index (χ1n) is 11.1. The molecule has 0 aliphatic heterocycles. The number of rotatable bonds is 9. The third-order valence-electron chi connectivity index (χ3n) is 6.37. The highest BCUT2D eigenvalue weighted by atomic mass is 16.5. The van der Waals surface area contributed by atoms with Gasteiger partial charge in [0.15, 0.2) is 0 Å². The number of fused-ring (bicyclic) bond motifs is 3. The summed E-state index contributed by atoms with van der Waals surface area (Å²) < 4.78 is 5.51. The summed E-state index contributed by atoms with van der Waals surface area (Å²) in [6.07, 6.45) is 0.960. The van der Waals surface area contributed by atoms with Gasteiger partial charge in [0.25, 0.3) is 0 Å². The van der Waals surface area contributed by atoms with Crippen molar-refractivity contribution in [3.8, 4) is 11.1 Å². The Bertz CT molecular complexity index is 975. The Morgan fingerprint density at radius 3 is 2.25 bits per heavy atom. The van der Waals surface area contributed by atoms with Crippen LogP contribution in [-0.4, -0.2) is 41.8 Å². The quantitative estimate of drug-likeness (QED) is 0.556. The molecule has 0 aromatic heterocycles. The largest absolute Gasteiger partial charge is 0.481 e. The Morgan fingerprint density at radius 1 is 1.06 bits per heavy atom. The summed E-state index contributed by atoms with van der Waals surface area (Å²) in [7, 11) is 0. The number of hydrogen-bond donors (Lipinski definition) is 3. The first-order chi connectivity index (χ1) is 15.5. The van der Waals surface area contributed by atoms with Crippen molar-refractivity contribution in [2.45, 2.75) is 50.6 Å². The average molecular weight is 437 g/mol.